The molecule has 1 aromatic carbocycles. The van der Waals surface area contributed by atoms with E-state index in [4.69, 9.17) is 0 Å². The van der Waals surface area contributed by atoms with Crippen molar-refractivity contribution in [2.45, 2.75) is 13.3 Å². The average Bonchev–Trinajstić information content (AvgIpc) is 2.65. The summed E-state index contributed by atoms with van der Waals surface area (Å²) in [6.07, 6.45) is 1.11. The standard InChI is InChI=1S/C13H12F2N2O/c1-8-10(7-16-17(8)2)13(18)6-9-11(14)4-3-5-12(9)15/h3-5,7H,6H2,1-2H3. The topological polar surface area (TPSA) is 34.9 Å². The quantitative estimate of drug-likeness (QED) is 0.784. The third kappa shape index (κ3) is 2.16. The molecule has 18 heavy (non-hydrogen) atoms. The van der Waals surface area contributed by atoms with Gasteiger partial charge < -0.3 is 0 Å². The van der Waals surface area contributed by atoms with Gasteiger partial charge in [-0.1, -0.05) is 6.07 Å². The summed E-state index contributed by atoms with van der Waals surface area (Å²) in [6.45, 7) is 1.73. The maximum absolute atomic E-state index is 13.4. The Labute approximate surface area is 103 Å². The third-order valence-corrected chi connectivity index (χ3v) is 2.93. The average molecular weight is 250 g/mol. The summed E-state index contributed by atoms with van der Waals surface area (Å²) >= 11 is 0. The van der Waals surface area contributed by atoms with Crippen LogP contribution in [0.15, 0.2) is 24.4 Å². The second-order valence-corrected chi connectivity index (χ2v) is 4.07. The number of hydrogen-bond acceptors (Lipinski definition) is 2. The number of benzene rings is 1. The molecule has 0 aliphatic rings. The van der Waals surface area contributed by atoms with Crippen LogP contribution >= 0.6 is 0 Å². The Morgan fingerprint density at radius 1 is 1.33 bits per heavy atom. The van der Waals surface area contributed by atoms with Crippen molar-refractivity contribution in [3.05, 3.63) is 52.9 Å². The molecule has 0 atom stereocenters. The van der Waals surface area contributed by atoms with Crippen LogP contribution < -0.4 is 0 Å². The van der Waals surface area contributed by atoms with Gasteiger partial charge in [-0.3, -0.25) is 9.48 Å². The van der Waals surface area contributed by atoms with Crippen LogP contribution in [0.5, 0.6) is 0 Å². The smallest absolute Gasteiger partial charge is 0.170 e. The van der Waals surface area contributed by atoms with Crippen LogP contribution in [0.3, 0.4) is 0 Å². The summed E-state index contributed by atoms with van der Waals surface area (Å²) in [7, 11) is 1.70. The minimum absolute atomic E-state index is 0.203. The number of ketones is 1. The molecule has 0 saturated heterocycles. The van der Waals surface area contributed by atoms with Gasteiger partial charge in [0.1, 0.15) is 11.6 Å². The molecule has 0 fully saturated rings. The lowest BCUT2D eigenvalue weighted by Gasteiger charge is -2.04. The molecule has 0 unspecified atom stereocenters. The van der Waals surface area contributed by atoms with Crippen molar-refractivity contribution in [2.75, 3.05) is 0 Å². The molecule has 0 N–H and O–H groups in total. The summed E-state index contributed by atoms with van der Waals surface area (Å²) in [5.41, 5.74) is 0.864. The van der Waals surface area contributed by atoms with E-state index >= 15 is 0 Å². The zero-order valence-electron chi connectivity index (χ0n) is 10.1. The van der Waals surface area contributed by atoms with Crippen molar-refractivity contribution in [1.82, 2.24) is 9.78 Å². The fraction of sp³-hybridized carbons (Fsp3) is 0.231. The monoisotopic (exact) mass is 250 g/mol. The fourth-order valence-corrected chi connectivity index (χ4v) is 1.73. The highest BCUT2D eigenvalue weighted by molar-refractivity contribution is 5.98. The summed E-state index contributed by atoms with van der Waals surface area (Å²) in [5, 5.41) is 3.93. The van der Waals surface area contributed by atoms with Crippen LogP contribution in [0.1, 0.15) is 21.6 Å². The number of Topliss-reactive ketones (excluding diaryl/α,β-unsaturated/α-hetero) is 1. The van der Waals surface area contributed by atoms with E-state index in [0.29, 0.717) is 11.3 Å². The molecule has 5 heteroatoms. The third-order valence-electron chi connectivity index (χ3n) is 2.93. The summed E-state index contributed by atoms with van der Waals surface area (Å²) in [4.78, 5) is 12.0. The number of nitrogens with zero attached hydrogens (tertiary/aromatic N) is 2. The molecule has 2 aromatic rings. The first kappa shape index (κ1) is 12.4. The van der Waals surface area contributed by atoms with Gasteiger partial charge in [0.05, 0.1) is 11.8 Å². The number of halogens is 2. The maximum atomic E-state index is 13.4. The van der Waals surface area contributed by atoms with E-state index in [1.54, 1.807) is 18.7 Å². The number of carbonyl (C=O) groups excluding carboxylic acids is 1. The van der Waals surface area contributed by atoms with Gasteiger partial charge in [-0.2, -0.15) is 5.10 Å². The Morgan fingerprint density at radius 3 is 2.44 bits per heavy atom. The van der Waals surface area contributed by atoms with Crippen molar-refractivity contribution in [3.63, 3.8) is 0 Å². The van der Waals surface area contributed by atoms with E-state index in [1.807, 2.05) is 0 Å². The second kappa shape index (κ2) is 4.68. The van der Waals surface area contributed by atoms with Crippen molar-refractivity contribution in [1.29, 1.82) is 0 Å². The van der Waals surface area contributed by atoms with E-state index in [9.17, 15) is 13.6 Å². The number of aryl methyl sites for hydroxylation is 1. The van der Waals surface area contributed by atoms with Gasteiger partial charge in [-0.25, -0.2) is 8.78 Å². The van der Waals surface area contributed by atoms with E-state index < -0.39 is 11.6 Å². The van der Waals surface area contributed by atoms with Gasteiger partial charge in [-0.05, 0) is 19.1 Å². The number of carbonyl (C=O) groups is 1. The molecule has 2 rings (SSSR count). The first-order chi connectivity index (χ1) is 8.50. The van der Waals surface area contributed by atoms with Gasteiger partial charge in [0, 0.05) is 24.7 Å². The van der Waals surface area contributed by atoms with Crippen LogP contribution in [0.2, 0.25) is 0 Å². The molecule has 3 nitrogen and oxygen atoms in total. The molecule has 0 aliphatic heterocycles. The van der Waals surface area contributed by atoms with Crippen LogP contribution in [0.25, 0.3) is 0 Å². The largest absolute Gasteiger partial charge is 0.294 e. The van der Waals surface area contributed by atoms with E-state index in [2.05, 4.69) is 5.10 Å². The molecule has 0 saturated carbocycles. The molecule has 1 heterocycles. The van der Waals surface area contributed by atoms with Crippen molar-refractivity contribution >= 4 is 5.78 Å². The maximum Gasteiger partial charge on any atom is 0.170 e. The van der Waals surface area contributed by atoms with Crippen LogP contribution in [0.4, 0.5) is 8.78 Å². The first-order valence-corrected chi connectivity index (χ1v) is 5.45. The summed E-state index contributed by atoms with van der Waals surface area (Å²) in [5.74, 6) is -1.75. The van der Waals surface area contributed by atoms with E-state index in [0.717, 1.165) is 12.1 Å². The summed E-state index contributed by atoms with van der Waals surface area (Å²) in [6, 6.07) is 3.55. The van der Waals surface area contributed by atoms with Gasteiger partial charge in [0.25, 0.3) is 0 Å². The normalized spacial score (nSPS) is 10.7. The lowest BCUT2D eigenvalue weighted by Crippen LogP contribution is -2.08. The number of aromatic nitrogens is 2. The molecule has 0 amide bonds. The van der Waals surface area contributed by atoms with Crippen LogP contribution in [0, 0.1) is 18.6 Å². The van der Waals surface area contributed by atoms with Crippen molar-refractivity contribution in [2.24, 2.45) is 7.05 Å². The Bertz CT molecular complexity index is 585. The molecule has 0 aliphatic carbocycles. The highest BCUT2D eigenvalue weighted by Crippen LogP contribution is 2.16. The SMILES string of the molecule is Cc1c(C(=O)Cc2c(F)cccc2F)cnn1C. The second-order valence-electron chi connectivity index (χ2n) is 4.07. The zero-order chi connectivity index (χ0) is 13.3. The predicted molar refractivity (Wildman–Crippen MR) is 62.3 cm³/mol. The van der Waals surface area contributed by atoms with Crippen LogP contribution in [-0.2, 0) is 13.5 Å². The van der Waals surface area contributed by atoms with Gasteiger partial charge in [0.2, 0.25) is 0 Å². The molecule has 0 radical (unpaired) electrons. The molecule has 94 valence electrons. The lowest BCUT2D eigenvalue weighted by atomic mass is 10.0. The number of rotatable bonds is 3. The highest BCUT2D eigenvalue weighted by atomic mass is 19.1. The minimum Gasteiger partial charge on any atom is -0.294 e. The zero-order valence-corrected chi connectivity index (χ0v) is 10.1. The highest BCUT2D eigenvalue weighted by Gasteiger charge is 2.17. The fourth-order valence-electron chi connectivity index (χ4n) is 1.73. The molecular formula is C13H12F2N2O. The molecule has 0 bridgehead atoms. The van der Waals surface area contributed by atoms with E-state index in [-0.39, 0.29) is 17.8 Å². The first-order valence-electron chi connectivity index (χ1n) is 5.45. The van der Waals surface area contributed by atoms with Crippen molar-refractivity contribution < 1.29 is 13.6 Å². The Balaban J connectivity index is 2.30. The van der Waals surface area contributed by atoms with Crippen molar-refractivity contribution in [3.8, 4) is 0 Å². The van der Waals surface area contributed by atoms with E-state index in [1.165, 1.54) is 12.3 Å². The van der Waals surface area contributed by atoms with Gasteiger partial charge in [-0.15, -0.1) is 0 Å². The lowest BCUT2D eigenvalue weighted by molar-refractivity contribution is 0.0990. The molecular weight excluding hydrogens is 238 g/mol. The predicted octanol–water partition coefficient (Wildman–Crippen LogP) is 2.43. The Kier molecular flexibility index (Phi) is 3.23. The van der Waals surface area contributed by atoms with Gasteiger partial charge in [0.15, 0.2) is 5.78 Å². The van der Waals surface area contributed by atoms with Gasteiger partial charge >= 0.3 is 0 Å². The summed E-state index contributed by atoms with van der Waals surface area (Å²) < 4.78 is 28.4. The number of hydrogen-bond donors (Lipinski definition) is 0. The Hall–Kier alpha value is -2.04. The minimum atomic E-state index is -0.704. The Morgan fingerprint density at radius 2 is 1.94 bits per heavy atom. The molecule has 1 aromatic heterocycles. The molecule has 0 spiro atoms. The van der Waals surface area contributed by atoms with Crippen LogP contribution in [-0.4, -0.2) is 15.6 Å².